The van der Waals surface area contributed by atoms with Gasteiger partial charge >= 0.3 is 0 Å². The molecule has 1 aromatic heterocycles. The summed E-state index contributed by atoms with van der Waals surface area (Å²) in [6.07, 6.45) is 6.35. The topological polar surface area (TPSA) is 47.3 Å². The predicted octanol–water partition coefficient (Wildman–Crippen LogP) is 2.60. The Morgan fingerprint density at radius 3 is 3.12 bits per heavy atom. The number of ether oxygens (including phenoxy) is 1. The molecular weight excluding hydrogens is 220 g/mol. The SMILES string of the molecule is NNC(CCC1CCCCO1)c1cccs1. The van der Waals surface area contributed by atoms with Crippen molar-refractivity contribution in [3.63, 3.8) is 0 Å². The van der Waals surface area contributed by atoms with Crippen LogP contribution in [0, 0.1) is 0 Å². The van der Waals surface area contributed by atoms with Crippen LogP contribution in [-0.4, -0.2) is 12.7 Å². The summed E-state index contributed by atoms with van der Waals surface area (Å²) in [5.74, 6) is 5.60. The van der Waals surface area contributed by atoms with E-state index in [0.29, 0.717) is 6.10 Å². The van der Waals surface area contributed by atoms with Gasteiger partial charge < -0.3 is 4.74 Å². The van der Waals surface area contributed by atoms with Gasteiger partial charge in [-0.1, -0.05) is 6.07 Å². The van der Waals surface area contributed by atoms with Crippen LogP contribution in [0.25, 0.3) is 0 Å². The highest BCUT2D eigenvalue weighted by atomic mass is 32.1. The van der Waals surface area contributed by atoms with Gasteiger partial charge in [-0.25, -0.2) is 0 Å². The number of nitrogens with two attached hydrogens (primary N) is 1. The van der Waals surface area contributed by atoms with Crippen molar-refractivity contribution in [1.82, 2.24) is 5.43 Å². The molecular formula is C12H20N2OS. The summed E-state index contributed by atoms with van der Waals surface area (Å²) >= 11 is 1.76. The molecule has 4 heteroatoms. The first-order valence-corrected chi connectivity index (χ1v) is 6.89. The van der Waals surface area contributed by atoms with E-state index >= 15 is 0 Å². The van der Waals surface area contributed by atoms with E-state index < -0.39 is 0 Å². The number of hydrazine groups is 1. The van der Waals surface area contributed by atoms with Gasteiger partial charge in [0.25, 0.3) is 0 Å². The third-order valence-corrected chi connectivity index (χ3v) is 4.13. The molecule has 0 amide bonds. The Kier molecular flexibility index (Phi) is 4.78. The summed E-state index contributed by atoms with van der Waals surface area (Å²) in [6.45, 7) is 0.935. The summed E-state index contributed by atoms with van der Waals surface area (Å²) in [5, 5.41) is 2.09. The molecule has 0 aromatic carbocycles. The Hall–Kier alpha value is -0.420. The lowest BCUT2D eigenvalue weighted by atomic mass is 10.0. The van der Waals surface area contributed by atoms with E-state index in [0.717, 1.165) is 19.4 Å². The van der Waals surface area contributed by atoms with Crippen LogP contribution >= 0.6 is 11.3 Å². The third-order valence-electron chi connectivity index (χ3n) is 3.14. The van der Waals surface area contributed by atoms with Crippen molar-refractivity contribution in [2.75, 3.05) is 6.61 Å². The zero-order valence-corrected chi connectivity index (χ0v) is 10.3. The molecule has 0 saturated carbocycles. The average Bonchev–Trinajstić information content (AvgIpc) is 2.85. The first kappa shape index (κ1) is 12.0. The van der Waals surface area contributed by atoms with Crippen molar-refractivity contribution < 1.29 is 4.74 Å². The van der Waals surface area contributed by atoms with Crippen molar-refractivity contribution in [3.8, 4) is 0 Å². The van der Waals surface area contributed by atoms with E-state index in [4.69, 9.17) is 10.6 Å². The van der Waals surface area contributed by atoms with Gasteiger partial charge in [0.05, 0.1) is 12.1 Å². The second-order valence-corrected chi connectivity index (χ2v) is 5.28. The van der Waals surface area contributed by atoms with E-state index in [-0.39, 0.29) is 6.04 Å². The van der Waals surface area contributed by atoms with E-state index in [2.05, 4.69) is 22.9 Å². The van der Waals surface area contributed by atoms with Crippen LogP contribution in [0.5, 0.6) is 0 Å². The Bertz CT molecular complexity index is 283. The Morgan fingerprint density at radius 1 is 1.56 bits per heavy atom. The first-order chi connectivity index (χ1) is 7.90. The van der Waals surface area contributed by atoms with E-state index in [9.17, 15) is 0 Å². The molecule has 1 aromatic rings. The largest absolute Gasteiger partial charge is 0.378 e. The quantitative estimate of drug-likeness (QED) is 0.614. The van der Waals surface area contributed by atoms with Gasteiger partial charge in [0, 0.05) is 11.5 Å². The number of thiophene rings is 1. The third kappa shape index (κ3) is 3.28. The van der Waals surface area contributed by atoms with E-state index in [1.165, 1.54) is 24.1 Å². The maximum atomic E-state index is 5.73. The molecule has 1 aliphatic heterocycles. The monoisotopic (exact) mass is 240 g/mol. The van der Waals surface area contributed by atoms with Crippen molar-refractivity contribution in [3.05, 3.63) is 22.4 Å². The Labute approximate surface area is 101 Å². The second kappa shape index (κ2) is 6.35. The maximum Gasteiger partial charge on any atom is 0.0575 e. The Balaban J connectivity index is 1.78. The zero-order valence-electron chi connectivity index (χ0n) is 9.52. The van der Waals surface area contributed by atoms with Gasteiger partial charge in [-0.15, -0.1) is 11.3 Å². The molecule has 0 bridgehead atoms. The normalized spacial score (nSPS) is 23.2. The van der Waals surface area contributed by atoms with Crippen LogP contribution < -0.4 is 11.3 Å². The number of rotatable bonds is 5. The van der Waals surface area contributed by atoms with Crippen LogP contribution in [0.4, 0.5) is 0 Å². The van der Waals surface area contributed by atoms with Crippen LogP contribution in [0.2, 0.25) is 0 Å². The molecule has 1 aliphatic rings. The highest BCUT2D eigenvalue weighted by Gasteiger charge is 2.17. The van der Waals surface area contributed by atoms with Gasteiger partial charge in [-0.3, -0.25) is 11.3 Å². The predicted molar refractivity (Wildman–Crippen MR) is 67.2 cm³/mol. The van der Waals surface area contributed by atoms with Gasteiger partial charge in [0.1, 0.15) is 0 Å². The second-order valence-electron chi connectivity index (χ2n) is 4.30. The van der Waals surface area contributed by atoms with Gasteiger partial charge in [0.15, 0.2) is 0 Å². The summed E-state index contributed by atoms with van der Waals surface area (Å²) in [5.41, 5.74) is 2.90. The number of hydrogen-bond donors (Lipinski definition) is 2. The molecule has 2 atom stereocenters. The first-order valence-electron chi connectivity index (χ1n) is 6.01. The molecule has 2 heterocycles. The highest BCUT2D eigenvalue weighted by molar-refractivity contribution is 7.10. The molecule has 16 heavy (non-hydrogen) atoms. The molecule has 90 valence electrons. The van der Waals surface area contributed by atoms with Crippen LogP contribution in [0.3, 0.4) is 0 Å². The lowest BCUT2D eigenvalue weighted by Crippen LogP contribution is -2.29. The van der Waals surface area contributed by atoms with Crippen LogP contribution in [-0.2, 0) is 4.74 Å². The van der Waals surface area contributed by atoms with Gasteiger partial charge in [0.2, 0.25) is 0 Å². The van der Waals surface area contributed by atoms with E-state index in [1.54, 1.807) is 11.3 Å². The minimum atomic E-state index is 0.283. The maximum absolute atomic E-state index is 5.73. The summed E-state index contributed by atoms with van der Waals surface area (Å²) < 4.78 is 5.73. The van der Waals surface area contributed by atoms with Gasteiger partial charge in [-0.05, 0) is 43.6 Å². The van der Waals surface area contributed by atoms with E-state index in [1.807, 2.05) is 0 Å². The fourth-order valence-electron chi connectivity index (χ4n) is 2.18. The molecule has 1 fully saturated rings. The summed E-state index contributed by atoms with van der Waals surface area (Å²) in [4.78, 5) is 1.32. The van der Waals surface area contributed by atoms with Gasteiger partial charge in [-0.2, -0.15) is 0 Å². The molecule has 3 N–H and O–H groups in total. The summed E-state index contributed by atoms with van der Waals surface area (Å²) in [6, 6.07) is 4.49. The molecule has 0 spiro atoms. The zero-order chi connectivity index (χ0) is 11.2. The van der Waals surface area contributed by atoms with Crippen molar-refractivity contribution in [1.29, 1.82) is 0 Å². The molecule has 1 saturated heterocycles. The van der Waals surface area contributed by atoms with Crippen LogP contribution in [0.15, 0.2) is 17.5 Å². The van der Waals surface area contributed by atoms with Crippen molar-refractivity contribution >= 4 is 11.3 Å². The molecule has 2 unspecified atom stereocenters. The van der Waals surface area contributed by atoms with Crippen molar-refractivity contribution in [2.24, 2.45) is 5.84 Å². The van der Waals surface area contributed by atoms with Crippen molar-refractivity contribution in [2.45, 2.75) is 44.2 Å². The minimum absolute atomic E-state index is 0.283. The molecule has 0 aliphatic carbocycles. The number of hydrogen-bond acceptors (Lipinski definition) is 4. The minimum Gasteiger partial charge on any atom is -0.378 e. The fraction of sp³-hybridized carbons (Fsp3) is 0.667. The molecule has 3 nitrogen and oxygen atoms in total. The average molecular weight is 240 g/mol. The summed E-state index contributed by atoms with van der Waals surface area (Å²) in [7, 11) is 0. The molecule has 0 radical (unpaired) electrons. The smallest absolute Gasteiger partial charge is 0.0575 e. The standard InChI is InChI=1S/C12H20N2OS/c13-14-11(12-5-3-9-16-12)7-6-10-4-1-2-8-15-10/h3,5,9-11,14H,1-2,4,6-8,13H2. The molecule has 2 rings (SSSR count). The fourth-order valence-corrected chi connectivity index (χ4v) is 3.01. The van der Waals surface area contributed by atoms with Crippen LogP contribution in [0.1, 0.15) is 43.0 Å². The Morgan fingerprint density at radius 2 is 2.50 bits per heavy atom. The lowest BCUT2D eigenvalue weighted by molar-refractivity contribution is 0.00860. The number of nitrogens with one attached hydrogen (secondary N) is 1. The highest BCUT2D eigenvalue weighted by Crippen LogP contribution is 2.25. The lowest BCUT2D eigenvalue weighted by Gasteiger charge is -2.24.